The molecular weight excluding hydrogens is 288 g/mol. The minimum absolute atomic E-state index is 0.238. The molecule has 0 aliphatic carbocycles. The van der Waals surface area contributed by atoms with Gasteiger partial charge in [-0.05, 0) is 36.0 Å². The highest BCUT2D eigenvalue weighted by Crippen LogP contribution is 2.16. The van der Waals surface area contributed by atoms with E-state index in [9.17, 15) is 9.59 Å². The molecule has 1 unspecified atom stereocenters. The third kappa shape index (κ3) is 4.22. The summed E-state index contributed by atoms with van der Waals surface area (Å²) in [4.78, 5) is 23.4. The summed E-state index contributed by atoms with van der Waals surface area (Å²) in [5.41, 5.74) is 2.34. The lowest BCUT2D eigenvalue weighted by Crippen LogP contribution is -2.52. The van der Waals surface area contributed by atoms with Crippen molar-refractivity contribution in [2.24, 2.45) is 0 Å². The molecule has 0 radical (unpaired) electrons. The number of benzene rings is 1. The highest BCUT2D eigenvalue weighted by molar-refractivity contribution is 7.98. The van der Waals surface area contributed by atoms with Gasteiger partial charge in [0.2, 0.25) is 5.91 Å². The summed E-state index contributed by atoms with van der Waals surface area (Å²) in [7, 11) is 0. The van der Waals surface area contributed by atoms with E-state index in [0.717, 1.165) is 5.56 Å². The first-order chi connectivity index (χ1) is 10.1. The lowest BCUT2D eigenvalue weighted by Gasteiger charge is -2.26. The Morgan fingerprint density at radius 3 is 2.81 bits per heavy atom. The second-order valence-electron chi connectivity index (χ2n) is 5.09. The smallest absolute Gasteiger partial charge is 0.326 e. The Labute approximate surface area is 128 Å². The zero-order valence-corrected chi connectivity index (χ0v) is 12.8. The molecule has 1 aromatic carbocycles. The van der Waals surface area contributed by atoms with E-state index < -0.39 is 12.0 Å². The second kappa shape index (κ2) is 7.47. The normalized spacial score (nSPS) is 18.6. The summed E-state index contributed by atoms with van der Waals surface area (Å²) in [5.74, 6) is -0.510. The quantitative estimate of drug-likeness (QED) is 0.731. The Morgan fingerprint density at radius 2 is 2.14 bits per heavy atom. The SMILES string of the molecule is CSCCC(NC(=O)[C@H]1Cc2ccccc2CN1)C(=O)O. The van der Waals surface area contributed by atoms with Gasteiger partial charge in [-0.25, -0.2) is 4.79 Å². The van der Waals surface area contributed by atoms with Crippen molar-refractivity contribution in [3.05, 3.63) is 35.4 Å². The predicted molar refractivity (Wildman–Crippen MR) is 83.3 cm³/mol. The van der Waals surface area contributed by atoms with E-state index in [-0.39, 0.29) is 11.9 Å². The lowest BCUT2D eigenvalue weighted by molar-refractivity contribution is -0.142. The Hall–Kier alpha value is -1.53. The maximum absolute atomic E-state index is 12.2. The van der Waals surface area contributed by atoms with E-state index in [0.29, 0.717) is 25.1 Å². The van der Waals surface area contributed by atoms with Crippen LogP contribution in [0.15, 0.2) is 24.3 Å². The van der Waals surface area contributed by atoms with Gasteiger partial charge >= 0.3 is 5.97 Å². The Kier molecular flexibility index (Phi) is 5.64. The van der Waals surface area contributed by atoms with Crippen molar-refractivity contribution < 1.29 is 14.7 Å². The predicted octanol–water partition coefficient (Wildman–Crippen LogP) is 1.02. The average molecular weight is 308 g/mol. The number of aliphatic carboxylic acids is 1. The second-order valence-corrected chi connectivity index (χ2v) is 6.07. The topological polar surface area (TPSA) is 78.4 Å². The molecule has 6 heteroatoms. The van der Waals surface area contributed by atoms with Crippen LogP contribution in [0.3, 0.4) is 0 Å². The maximum Gasteiger partial charge on any atom is 0.326 e. The van der Waals surface area contributed by atoms with Crippen molar-refractivity contribution in [3.8, 4) is 0 Å². The average Bonchev–Trinajstić information content (AvgIpc) is 2.50. The Morgan fingerprint density at radius 1 is 1.43 bits per heavy atom. The van der Waals surface area contributed by atoms with Crippen LogP contribution in [-0.2, 0) is 22.6 Å². The molecule has 3 N–H and O–H groups in total. The number of carbonyl (C=O) groups is 2. The Bertz CT molecular complexity index is 521. The van der Waals surface area contributed by atoms with Gasteiger partial charge in [-0.1, -0.05) is 24.3 Å². The van der Waals surface area contributed by atoms with Crippen LogP contribution in [0, 0.1) is 0 Å². The molecule has 1 heterocycles. The van der Waals surface area contributed by atoms with Crippen molar-refractivity contribution in [3.63, 3.8) is 0 Å². The van der Waals surface area contributed by atoms with E-state index in [1.165, 1.54) is 5.56 Å². The molecule has 2 atom stereocenters. The van der Waals surface area contributed by atoms with Crippen LogP contribution in [0.2, 0.25) is 0 Å². The van der Waals surface area contributed by atoms with Crippen LogP contribution >= 0.6 is 11.8 Å². The number of nitrogens with one attached hydrogen (secondary N) is 2. The zero-order chi connectivity index (χ0) is 15.2. The van der Waals surface area contributed by atoms with Crippen molar-refractivity contribution in [2.75, 3.05) is 12.0 Å². The lowest BCUT2D eigenvalue weighted by atomic mass is 9.95. The van der Waals surface area contributed by atoms with Gasteiger partial charge in [0.05, 0.1) is 6.04 Å². The molecular formula is C15H20N2O3S. The summed E-state index contributed by atoms with van der Waals surface area (Å²) in [6, 6.07) is 6.80. The highest BCUT2D eigenvalue weighted by Gasteiger charge is 2.27. The number of thioether (sulfide) groups is 1. The van der Waals surface area contributed by atoms with Crippen LogP contribution in [-0.4, -0.2) is 41.1 Å². The number of hydrogen-bond acceptors (Lipinski definition) is 4. The summed E-state index contributed by atoms with van der Waals surface area (Å²) in [6.45, 7) is 0.636. The molecule has 0 bridgehead atoms. The van der Waals surface area contributed by atoms with Crippen LogP contribution in [0.1, 0.15) is 17.5 Å². The third-order valence-electron chi connectivity index (χ3n) is 3.62. The first-order valence-electron chi connectivity index (χ1n) is 6.94. The molecule has 1 amide bonds. The molecule has 0 aromatic heterocycles. The van der Waals surface area contributed by atoms with E-state index in [4.69, 9.17) is 5.11 Å². The molecule has 1 aliphatic rings. The number of carboxylic acids is 1. The number of amides is 1. The van der Waals surface area contributed by atoms with Crippen molar-refractivity contribution >= 4 is 23.6 Å². The standard InChI is InChI=1S/C15H20N2O3S/c1-21-7-6-12(15(19)20)17-14(18)13-8-10-4-2-3-5-11(10)9-16-13/h2-5,12-13,16H,6-9H2,1H3,(H,17,18)(H,19,20)/t12?,13-/m1/s1. The number of carbonyl (C=O) groups excluding carboxylic acids is 1. The molecule has 2 rings (SSSR count). The van der Waals surface area contributed by atoms with Gasteiger partial charge in [-0.2, -0.15) is 11.8 Å². The molecule has 5 nitrogen and oxygen atoms in total. The van der Waals surface area contributed by atoms with Crippen molar-refractivity contribution in [2.45, 2.75) is 31.5 Å². The van der Waals surface area contributed by atoms with Gasteiger partial charge in [0.1, 0.15) is 6.04 Å². The summed E-state index contributed by atoms with van der Waals surface area (Å²) >= 11 is 1.57. The first-order valence-corrected chi connectivity index (χ1v) is 8.33. The summed E-state index contributed by atoms with van der Waals surface area (Å²) in [5, 5.41) is 15.0. The van der Waals surface area contributed by atoms with E-state index in [1.807, 2.05) is 30.5 Å². The van der Waals surface area contributed by atoms with Crippen LogP contribution < -0.4 is 10.6 Å². The minimum Gasteiger partial charge on any atom is -0.480 e. The van der Waals surface area contributed by atoms with Gasteiger partial charge in [-0.15, -0.1) is 0 Å². The fraction of sp³-hybridized carbons (Fsp3) is 0.467. The molecule has 0 fully saturated rings. The Balaban J connectivity index is 1.96. The summed E-state index contributed by atoms with van der Waals surface area (Å²) in [6.07, 6.45) is 2.95. The van der Waals surface area contributed by atoms with Crippen LogP contribution in [0.25, 0.3) is 0 Å². The van der Waals surface area contributed by atoms with Crippen LogP contribution in [0.5, 0.6) is 0 Å². The highest BCUT2D eigenvalue weighted by atomic mass is 32.2. The number of hydrogen-bond donors (Lipinski definition) is 3. The molecule has 0 saturated carbocycles. The van der Waals surface area contributed by atoms with E-state index >= 15 is 0 Å². The monoisotopic (exact) mass is 308 g/mol. The molecule has 1 aliphatic heterocycles. The van der Waals surface area contributed by atoms with Crippen molar-refractivity contribution in [1.29, 1.82) is 0 Å². The largest absolute Gasteiger partial charge is 0.480 e. The molecule has 0 spiro atoms. The van der Waals surface area contributed by atoms with Gasteiger partial charge < -0.3 is 15.7 Å². The molecule has 114 valence electrons. The molecule has 1 aromatic rings. The van der Waals surface area contributed by atoms with E-state index in [1.54, 1.807) is 11.8 Å². The fourth-order valence-electron chi connectivity index (χ4n) is 2.41. The minimum atomic E-state index is -0.978. The van der Waals surface area contributed by atoms with Gasteiger partial charge in [-0.3, -0.25) is 4.79 Å². The fourth-order valence-corrected chi connectivity index (χ4v) is 2.88. The van der Waals surface area contributed by atoms with E-state index in [2.05, 4.69) is 10.6 Å². The van der Waals surface area contributed by atoms with Gasteiger partial charge in [0.25, 0.3) is 0 Å². The van der Waals surface area contributed by atoms with Gasteiger partial charge in [0.15, 0.2) is 0 Å². The van der Waals surface area contributed by atoms with Crippen molar-refractivity contribution in [1.82, 2.24) is 10.6 Å². The zero-order valence-electron chi connectivity index (χ0n) is 12.0. The molecule has 21 heavy (non-hydrogen) atoms. The number of fused-ring (bicyclic) bond motifs is 1. The summed E-state index contributed by atoms with van der Waals surface area (Å²) < 4.78 is 0. The first kappa shape index (κ1) is 15.9. The number of carboxylic acid groups (broad SMARTS) is 1. The van der Waals surface area contributed by atoms with Gasteiger partial charge in [0, 0.05) is 6.54 Å². The maximum atomic E-state index is 12.2. The van der Waals surface area contributed by atoms with Crippen LogP contribution in [0.4, 0.5) is 0 Å². The molecule has 0 saturated heterocycles. The third-order valence-corrected chi connectivity index (χ3v) is 4.27. The number of rotatable bonds is 6.